The third kappa shape index (κ3) is 4.02. The van der Waals surface area contributed by atoms with Gasteiger partial charge in [-0.1, -0.05) is 12.1 Å². The van der Waals surface area contributed by atoms with Gasteiger partial charge < -0.3 is 14.5 Å². The molecule has 1 aromatic heterocycles. The lowest BCUT2D eigenvalue weighted by Gasteiger charge is -2.07. The van der Waals surface area contributed by atoms with Crippen molar-refractivity contribution in [1.29, 1.82) is 0 Å². The van der Waals surface area contributed by atoms with Crippen molar-refractivity contribution in [1.82, 2.24) is 5.43 Å². The first-order chi connectivity index (χ1) is 12.2. The van der Waals surface area contributed by atoms with Gasteiger partial charge in [0.25, 0.3) is 0 Å². The van der Waals surface area contributed by atoms with E-state index < -0.39 is 0 Å². The second-order valence-corrected chi connectivity index (χ2v) is 5.48. The van der Waals surface area contributed by atoms with Gasteiger partial charge >= 0.3 is 0 Å². The zero-order chi connectivity index (χ0) is 17.6. The Morgan fingerprint density at radius 2 is 1.96 bits per heavy atom. The first kappa shape index (κ1) is 16.7. The van der Waals surface area contributed by atoms with E-state index in [1.165, 1.54) is 12.5 Å². The van der Waals surface area contributed by atoms with Gasteiger partial charge in [-0.05, 0) is 48.6 Å². The molecule has 0 aliphatic rings. The van der Waals surface area contributed by atoms with Crippen LogP contribution in [0.25, 0.3) is 11.0 Å². The van der Waals surface area contributed by atoms with Gasteiger partial charge in [-0.15, -0.1) is 0 Å². The molecule has 2 aromatic carbocycles. The van der Waals surface area contributed by atoms with E-state index in [0.29, 0.717) is 21.6 Å². The maximum atomic E-state index is 12.3. The SMILES string of the molecule is COc1ccc(NC(=S)NN=Cc2coc3ccccc3c2=O)cc1. The molecule has 0 fully saturated rings. The zero-order valence-electron chi connectivity index (χ0n) is 13.4. The molecular weight excluding hydrogens is 338 g/mol. The molecule has 0 bridgehead atoms. The van der Waals surface area contributed by atoms with Crippen LogP contribution in [0.1, 0.15) is 5.56 Å². The molecule has 126 valence electrons. The van der Waals surface area contributed by atoms with Crippen LogP contribution in [-0.4, -0.2) is 18.4 Å². The highest BCUT2D eigenvalue weighted by Crippen LogP contribution is 2.14. The Labute approximate surface area is 149 Å². The largest absolute Gasteiger partial charge is 0.497 e. The zero-order valence-corrected chi connectivity index (χ0v) is 14.2. The van der Waals surface area contributed by atoms with E-state index in [1.54, 1.807) is 25.3 Å². The number of ether oxygens (including phenoxy) is 1. The van der Waals surface area contributed by atoms with Crippen LogP contribution in [0.5, 0.6) is 5.75 Å². The van der Waals surface area contributed by atoms with Gasteiger partial charge in [0.05, 0.1) is 24.3 Å². The van der Waals surface area contributed by atoms with Crippen LogP contribution in [0.4, 0.5) is 5.69 Å². The second kappa shape index (κ2) is 7.59. The fourth-order valence-corrected chi connectivity index (χ4v) is 2.35. The van der Waals surface area contributed by atoms with Crippen LogP contribution < -0.4 is 20.9 Å². The quantitative estimate of drug-likeness (QED) is 0.426. The smallest absolute Gasteiger partial charge is 0.201 e. The number of fused-ring (bicyclic) bond motifs is 1. The minimum absolute atomic E-state index is 0.151. The van der Waals surface area contributed by atoms with E-state index in [1.807, 2.05) is 30.3 Å². The van der Waals surface area contributed by atoms with Gasteiger partial charge in [0, 0.05) is 5.69 Å². The summed E-state index contributed by atoms with van der Waals surface area (Å²) in [5.41, 5.74) is 4.17. The summed E-state index contributed by atoms with van der Waals surface area (Å²) in [6.45, 7) is 0. The van der Waals surface area contributed by atoms with Crippen LogP contribution in [0.15, 0.2) is 69.1 Å². The molecule has 2 N–H and O–H groups in total. The van der Waals surface area contributed by atoms with Gasteiger partial charge in [0.15, 0.2) is 5.11 Å². The molecule has 25 heavy (non-hydrogen) atoms. The summed E-state index contributed by atoms with van der Waals surface area (Å²) in [7, 11) is 1.60. The maximum Gasteiger partial charge on any atom is 0.201 e. The average molecular weight is 353 g/mol. The lowest BCUT2D eigenvalue weighted by molar-refractivity contribution is 0.415. The van der Waals surface area contributed by atoms with Crippen molar-refractivity contribution in [2.75, 3.05) is 12.4 Å². The monoisotopic (exact) mass is 353 g/mol. The van der Waals surface area contributed by atoms with Gasteiger partial charge in [-0.25, -0.2) is 0 Å². The number of nitrogens with one attached hydrogen (secondary N) is 2. The number of benzene rings is 2. The maximum absolute atomic E-state index is 12.3. The molecule has 0 amide bonds. The average Bonchev–Trinajstić information content (AvgIpc) is 2.64. The molecule has 0 saturated heterocycles. The van der Waals surface area contributed by atoms with Gasteiger partial charge in [-0.2, -0.15) is 5.10 Å². The lowest BCUT2D eigenvalue weighted by Crippen LogP contribution is -2.24. The number of thiocarbonyl (C=S) groups is 1. The van der Waals surface area contributed by atoms with Crippen molar-refractivity contribution >= 4 is 40.2 Å². The van der Waals surface area contributed by atoms with E-state index in [-0.39, 0.29) is 5.43 Å². The highest BCUT2D eigenvalue weighted by Gasteiger charge is 2.04. The Balaban J connectivity index is 1.65. The van der Waals surface area contributed by atoms with Crippen molar-refractivity contribution in [3.8, 4) is 5.75 Å². The molecular formula is C18H15N3O3S. The van der Waals surface area contributed by atoms with Crippen molar-refractivity contribution < 1.29 is 9.15 Å². The Hall–Kier alpha value is -3.19. The molecule has 6 nitrogen and oxygen atoms in total. The first-order valence-electron chi connectivity index (χ1n) is 7.42. The van der Waals surface area contributed by atoms with Gasteiger partial charge in [-0.3, -0.25) is 10.2 Å². The Morgan fingerprint density at radius 3 is 2.72 bits per heavy atom. The molecule has 0 aliphatic heterocycles. The molecule has 0 saturated carbocycles. The highest BCUT2D eigenvalue weighted by atomic mass is 32.1. The first-order valence-corrected chi connectivity index (χ1v) is 7.83. The normalized spacial score (nSPS) is 10.8. The summed E-state index contributed by atoms with van der Waals surface area (Å²) in [6.07, 6.45) is 2.75. The molecule has 7 heteroatoms. The Morgan fingerprint density at radius 1 is 1.20 bits per heavy atom. The second-order valence-electron chi connectivity index (χ2n) is 5.07. The van der Waals surface area contributed by atoms with Crippen molar-refractivity contribution in [2.45, 2.75) is 0 Å². The standard InChI is InChI=1S/C18H15N3O3S/c1-23-14-8-6-13(7-9-14)20-18(25)21-19-10-12-11-24-16-5-3-2-4-15(16)17(12)22/h2-11H,1H3,(H2,20,21,25). The summed E-state index contributed by atoms with van der Waals surface area (Å²) in [6, 6.07) is 14.3. The van der Waals surface area contributed by atoms with Crippen LogP contribution >= 0.6 is 12.2 Å². The van der Waals surface area contributed by atoms with Crippen molar-refractivity contribution in [3.63, 3.8) is 0 Å². The van der Waals surface area contributed by atoms with Gasteiger partial charge in [0.2, 0.25) is 5.43 Å². The number of rotatable bonds is 4. The molecule has 3 rings (SSSR count). The van der Waals surface area contributed by atoms with Crippen molar-refractivity contribution in [2.24, 2.45) is 5.10 Å². The summed E-state index contributed by atoms with van der Waals surface area (Å²) in [4.78, 5) is 12.3. The van der Waals surface area contributed by atoms with Crippen LogP contribution in [0.3, 0.4) is 0 Å². The molecule has 0 atom stereocenters. The third-order valence-corrected chi connectivity index (χ3v) is 3.62. The minimum Gasteiger partial charge on any atom is -0.497 e. The topological polar surface area (TPSA) is 75.9 Å². The molecule has 3 aromatic rings. The molecule has 0 aliphatic carbocycles. The highest BCUT2D eigenvalue weighted by molar-refractivity contribution is 7.80. The fourth-order valence-electron chi connectivity index (χ4n) is 2.18. The number of methoxy groups -OCH3 is 1. The Bertz CT molecular complexity index is 981. The van der Waals surface area contributed by atoms with Crippen LogP contribution in [-0.2, 0) is 0 Å². The number of hydrogen-bond acceptors (Lipinski definition) is 5. The van der Waals surface area contributed by atoms with E-state index in [2.05, 4.69) is 15.8 Å². The number of hydrogen-bond donors (Lipinski definition) is 2. The predicted molar refractivity (Wildman–Crippen MR) is 102 cm³/mol. The summed E-state index contributed by atoms with van der Waals surface area (Å²) < 4.78 is 10.5. The summed E-state index contributed by atoms with van der Waals surface area (Å²) in [5, 5.41) is 7.75. The number of anilines is 1. The minimum atomic E-state index is -0.151. The van der Waals surface area contributed by atoms with Crippen LogP contribution in [0, 0.1) is 0 Å². The molecule has 1 heterocycles. The molecule has 0 unspecified atom stereocenters. The van der Waals surface area contributed by atoms with Gasteiger partial charge in [0.1, 0.15) is 17.6 Å². The fraction of sp³-hybridized carbons (Fsp3) is 0.0556. The number of para-hydroxylation sites is 1. The van der Waals surface area contributed by atoms with Crippen molar-refractivity contribution in [3.05, 3.63) is 70.6 Å². The predicted octanol–water partition coefficient (Wildman–Crippen LogP) is 3.12. The van der Waals surface area contributed by atoms with E-state index in [9.17, 15) is 4.79 Å². The summed E-state index contributed by atoms with van der Waals surface area (Å²) in [5.74, 6) is 0.755. The van der Waals surface area contributed by atoms with E-state index in [4.69, 9.17) is 21.4 Å². The lowest BCUT2D eigenvalue weighted by atomic mass is 10.2. The molecule has 0 spiro atoms. The summed E-state index contributed by atoms with van der Waals surface area (Å²) >= 11 is 5.15. The number of hydrazone groups is 1. The van der Waals surface area contributed by atoms with E-state index >= 15 is 0 Å². The number of nitrogens with zero attached hydrogens (tertiary/aromatic N) is 1. The Kier molecular flexibility index (Phi) is 5.06. The third-order valence-electron chi connectivity index (χ3n) is 3.42. The molecule has 0 radical (unpaired) electrons. The van der Waals surface area contributed by atoms with E-state index in [0.717, 1.165) is 11.4 Å². The van der Waals surface area contributed by atoms with Crippen LogP contribution in [0.2, 0.25) is 0 Å².